The smallest absolute Gasteiger partial charge is 0.362 e. The van der Waals surface area contributed by atoms with Gasteiger partial charge in [0.2, 0.25) is 0 Å². The average molecular weight is 461 g/mol. The molecule has 2 aromatic rings. The van der Waals surface area contributed by atoms with Crippen molar-refractivity contribution in [3.05, 3.63) is 64.7 Å². The van der Waals surface area contributed by atoms with Gasteiger partial charge in [-0.1, -0.05) is 24.3 Å². The molecule has 0 saturated carbocycles. The number of anilines is 1. The normalized spacial score (nSPS) is 18.7. The second-order valence-corrected chi connectivity index (χ2v) is 8.11. The quantitative estimate of drug-likeness (QED) is 0.466. The van der Waals surface area contributed by atoms with Crippen molar-refractivity contribution >= 4 is 23.0 Å². The largest absolute Gasteiger partial charge is 0.416 e. The Morgan fingerprint density at radius 2 is 1.58 bits per heavy atom. The predicted octanol–water partition coefficient (Wildman–Crippen LogP) is 5.49. The molecule has 3 rings (SSSR count). The fourth-order valence-corrected chi connectivity index (χ4v) is 4.17. The summed E-state index contributed by atoms with van der Waals surface area (Å²) in [4.78, 5) is 2.08. The SMILES string of the molecule is CN(C)[C@@H]1c2ccccc2C[C@H]1CNC(=S)Nc1cc(C(F)(F)F)cc(C(F)(F)F)c1. The summed E-state index contributed by atoms with van der Waals surface area (Å²) in [5.74, 6) is 0.138. The van der Waals surface area contributed by atoms with Gasteiger partial charge >= 0.3 is 12.4 Å². The van der Waals surface area contributed by atoms with Gasteiger partial charge in [-0.2, -0.15) is 26.3 Å². The number of hydrogen-bond donors (Lipinski definition) is 2. The lowest BCUT2D eigenvalue weighted by Gasteiger charge is -2.28. The summed E-state index contributed by atoms with van der Waals surface area (Å²) in [5, 5.41) is 5.36. The molecule has 0 fully saturated rings. The zero-order chi connectivity index (χ0) is 23.0. The highest BCUT2D eigenvalue weighted by Crippen LogP contribution is 2.39. The van der Waals surface area contributed by atoms with Crippen molar-refractivity contribution in [3.8, 4) is 0 Å². The number of hydrogen-bond acceptors (Lipinski definition) is 2. The van der Waals surface area contributed by atoms with Crippen LogP contribution < -0.4 is 10.6 Å². The fourth-order valence-electron chi connectivity index (χ4n) is 3.97. The number of halogens is 6. The van der Waals surface area contributed by atoms with Gasteiger partial charge in [0.15, 0.2) is 5.11 Å². The third-order valence-electron chi connectivity index (χ3n) is 5.23. The Morgan fingerprint density at radius 1 is 1.00 bits per heavy atom. The molecule has 0 aliphatic heterocycles. The van der Waals surface area contributed by atoms with Crippen LogP contribution in [0.5, 0.6) is 0 Å². The first-order valence-electron chi connectivity index (χ1n) is 9.45. The molecule has 0 radical (unpaired) electrons. The molecule has 2 aromatic carbocycles. The molecular weight excluding hydrogens is 440 g/mol. The Balaban J connectivity index is 1.71. The van der Waals surface area contributed by atoms with E-state index < -0.39 is 23.5 Å². The van der Waals surface area contributed by atoms with Crippen molar-refractivity contribution < 1.29 is 26.3 Å². The Kier molecular flexibility index (Phi) is 6.52. The summed E-state index contributed by atoms with van der Waals surface area (Å²) in [6.07, 6.45) is -9.04. The Hall–Kier alpha value is -2.33. The fraction of sp³-hybridized carbons (Fsp3) is 0.381. The maximum Gasteiger partial charge on any atom is 0.416 e. The molecule has 31 heavy (non-hydrogen) atoms. The molecule has 0 amide bonds. The van der Waals surface area contributed by atoms with Gasteiger partial charge in [0.25, 0.3) is 0 Å². The number of nitrogens with zero attached hydrogens (tertiary/aromatic N) is 1. The molecule has 0 heterocycles. The van der Waals surface area contributed by atoms with Crippen molar-refractivity contribution in [2.45, 2.75) is 24.8 Å². The second kappa shape index (κ2) is 8.66. The first-order chi connectivity index (χ1) is 14.4. The number of rotatable bonds is 4. The number of benzene rings is 2. The maximum atomic E-state index is 13.0. The lowest BCUT2D eigenvalue weighted by atomic mass is 9.99. The van der Waals surface area contributed by atoms with Gasteiger partial charge in [-0.3, -0.25) is 0 Å². The van der Waals surface area contributed by atoms with Crippen LogP contribution in [0, 0.1) is 5.92 Å². The molecule has 0 spiro atoms. The van der Waals surface area contributed by atoms with Crippen LogP contribution in [0.25, 0.3) is 0 Å². The van der Waals surface area contributed by atoms with Gasteiger partial charge < -0.3 is 15.5 Å². The number of thiocarbonyl (C=S) groups is 1. The topological polar surface area (TPSA) is 27.3 Å². The summed E-state index contributed by atoms with van der Waals surface area (Å²) in [7, 11) is 3.91. The van der Waals surface area contributed by atoms with Crippen LogP contribution in [0.1, 0.15) is 28.3 Å². The summed E-state index contributed by atoms with van der Waals surface area (Å²) in [5.41, 5.74) is -0.762. The van der Waals surface area contributed by atoms with Crippen LogP contribution in [-0.4, -0.2) is 30.7 Å². The van der Waals surface area contributed by atoms with Gasteiger partial charge in [-0.15, -0.1) is 0 Å². The summed E-state index contributed by atoms with van der Waals surface area (Å²) in [6.45, 7) is 0.411. The Labute approximate surface area is 181 Å². The van der Waals surface area contributed by atoms with Gasteiger partial charge in [0, 0.05) is 18.3 Å². The van der Waals surface area contributed by atoms with Crippen LogP contribution in [-0.2, 0) is 18.8 Å². The number of nitrogens with one attached hydrogen (secondary N) is 2. The van der Waals surface area contributed by atoms with Gasteiger partial charge in [0.05, 0.1) is 11.1 Å². The van der Waals surface area contributed by atoms with E-state index in [4.69, 9.17) is 12.2 Å². The van der Waals surface area contributed by atoms with E-state index in [2.05, 4.69) is 21.6 Å². The van der Waals surface area contributed by atoms with Crippen molar-refractivity contribution in [3.63, 3.8) is 0 Å². The zero-order valence-electron chi connectivity index (χ0n) is 16.7. The molecule has 2 atom stereocenters. The lowest BCUT2D eigenvalue weighted by Crippen LogP contribution is -2.37. The van der Waals surface area contributed by atoms with E-state index in [0.29, 0.717) is 18.7 Å². The molecule has 0 saturated heterocycles. The Morgan fingerprint density at radius 3 is 2.13 bits per heavy atom. The first-order valence-corrected chi connectivity index (χ1v) is 9.85. The summed E-state index contributed by atoms with van der Waals surface area (Å²) in [6, 6.07) is 9.44. The number of fused-ring (bicyclic) bond motifs is 1. The van der Waals surface area contributed by atoms with Crippen molar-refractivity contribution in [1.29, 1.82) is 0 Å². The highest BCUT2D eigenvalue weighted by atomic mass is 32.1. The standard InChI is InChI=1S/C21H21F6N3S/c1-30(2)18-13(7-12-5-3-4-6-17(12)18)11-28-19(31)29-16-9-14(20(22,23)24)8-15(10-16)21(25,26)27/h3-6,8-10,13,18H,7,11H2,1-2H3,(H2,28,29,31)/t13-,18-/m0/s1. The van der Waals surface area contributed by atoms with E-state index in [1.165, 1.54) is 11.1 Å². The second-order valence-electron chi connectivity index (χ2n) is 7.70. The van der Waals surface area contributed by atoms with Crippen LogP contribution >= 0.6 is 12.2 Å². The minimum absolute atomic E-state index is 0.0408. The molecule has 0 aromatic heterocycles. The van der Waals surface area contributed by atoms with Crippen LogP contribution in [0.3, 0.4) is 0 Å². The van der Waals surface area contributed by atoms with Crippen molar-refractivity contribution in [2.24, 2.45) is 5.92 Å². The molecule has 0 bridgehead atoms. The van der Waals surface area contributed by atoms with E-state index >= 15 is 0 Å². The van der Waals surface area contributed by atoms with Crippen LogP contribution in [0.4, 0.5) is 32.0 Å². The third-order valence-corrected chi connectivity index (χ3v) is 5.48. The van der Waals surface area contributed by atoms with E-state index in [1.54, 1.807) is 0 Å². The molecular formula is C21H21F6N3S. The monoisotopic (exact) mass is 461 g/mol. The molecule has 168 valence electrons. The molecule has 2 N–H and O–H groups in total. The number of alkyl halides is 6. The van der Waals surface area contributed by atoms with Crippen LogP contribution in [0.2, 0.25) is 0 Å². The van der Waals surface area contributed by atoms with E-state index in [1.807, 2.05) is 32.3 Å². The first kappa shape index (κ1) is 23.3. The molecule has 3 nitrogen and oxygen atoms in total. The van der Waals surface area contributed by atoms with E-state index in [9.17, 15) is 26.3 Å². The van der Waals surface area contributed by atoms with E-state index in [0.717, 1.165) is 6.42 Å². The minimum Gasteiger partial charge on any atom is -0.362 e. The van der Waals surface area contributed by atoms with E-state index in [-0.39, 0.29) is 28.8 Å². The van der Waals surface area contributed by atoms with Crippen molar-refractivity contribution in [2.75, 3.05) is 26.0 Å². The lowest BCUT2D eigenvalue weighted by molar-refractivity contribution is -0.143. The zero-order valence-corrected chi connectivity index (χ0v) is 17.6. The highest BCUT2D eigenvalue weighted by molar-refractivity contribution is 7.80. The Bertz CT molecular complexity index is 923. The maximum absolute atomic E-state index is 13.0. The molecule has 10 heteroatoms. The summed E-state index contributed by atoms with van der Waals surface area (Å²) < 4.78 is 78.2. The molecule has 0 unspecified atom stereocenters. The average Bonchev–Trinajstić information content (AvgIpc) is 3.03. The predicted molar refractivity (Wildman–Crippen MR) is 111 cm³/mol. The molecule has 1 aliphatic carbocycles. The highest BCUT2D eigenvalue weighted by Gasteiger charge is 2.37. The minimum atomic E-state index is -4.92. The van der Waals surface area contributed by atoms with Gasteiger partial charge in [0.1, 0.15) is 0 Å². The third kappa shape index (κ3) is 5.48. The summed E-state index contributed by atoms with van der Waals surface area (Å²) >= 11 is 5.14. The van der Waals surface area contributed by atoms with Gasteiger partial charge in [-0.25, -0.2) is 0 Å². The molecule has 1 aliphatic rings. The van der Waals surface area contributed by atoms with Crippen LogP contribution in [0.15, 0.2) is 42.5 Å². The van der Waals surface area contributed by atoms with Crippen molar-refractivity contribution in [1.82, 2.24) is 10.2 Å². The van der Waals surface area contributed by atoms with Gasteiger partial charge in [-0.05, 0) is 68.0 Å².